The third kappa shape index (κ3) is 4.66. The Hall–Kier alpha value is -3.52. The topological polar surface area (TPSA) is 67.2 Å². The highest BCUT2D eigenvalue weighted by atomic mass is 32.1. The molecule has 3 heterocycles. The number of benzene rings is 2. The molecule has 2 aliphatic rings. The number of hydrogen-bond donors (Lipinski definition) is 1. The van der Waals surface area contributed by atoms with E-state index < -0.39 is 0 Å². The van der Waals surface area contributed by atoms with Gasteiger partial charge in [-0.25, -0.2) is 9.37 Å². The summed E-state index contributed by atoms with van der Waals surface area (Å²) in [6.45, 7) is 0.964. The van der Waals surface area contributed by atoms with Gasteiger partial charge in [-0.05, 0) is 61.8 Å². The Morgan fingerprint density at radius 3 is 2.76 bits per heavy atom. The van der Waals surface area contributed by atoms with Gasteiger partial charge in [0.15, 0.2) is 0 Å². The lowest BCUT2D eigenvalue weighted by molar-refractivity contribution is 0.0598. The van der Waals surface area contributed by atoms with Gasteiger partial charge in [0.1, 0.15) is 11.5 Å². The molecule has 6 rings (SSSR count). The lowest BCUT2D eigenvalue weighted by atomic mass is 10.0. The maximum absolute atomic E-state index is 14.7. The fourth-order valence-corrected chi connectivity index (χ4v) is 6.40. The zero-order valence-electron chi connectivity index (χ0n) is 20.7. The van der Waals surface area contributed by atoms with Crippen LogP contribution in [-0.4, -0.2) is 45.4 Å². The monoisotopic (exact) mass is 516 g/mol. The first-order valence-electron chi connectivity index (χ1n) is 12.9. The van der Waals surface area contributed by atoms with Crippen LogP contribution < -0.4 is 5.32 Å². The minimum atomic E-state index is -0.347. The maximum Gasteiger partial charge on any atom is 0.274 e. The first kappa shape index (κ1) is 23.9. The minimum absolute atomic E-state index is 0.136. The molecule has 1 saturated heterocycles. The van der Waals surface area contributed by atoms with Crippen LogP contribution >= 0.6 is 11.3 Å². The molecule has 1 saturated carbocycles. The molecule has 1 N–H and O–H groups in total. The van der Waals surface area contributed by atoms with Crippen LogP contribution in [0.5, 0.6) is 0 Å². The number of likely N-dealkylation sites (tertiary alicyclic amines) is 1. The quantitative estimate of drug-likeness (QED) is 0.355. The molecule has 0 radical (unpaired) electrons. The van der Waals surface area contributed by atoms with Crippen molar-refractivity contribution in [2.75, 3.05) is 13.1 Å². The van der Waals surface area contributed by atoms with Crippen molar-refractivity contribution in [3.63, 3.8) is 0 Å². The smallest absolute Gasteiger partial charge is 0.274 e. The van der Waals surface area contributed by atoms with Gasteiger partial charge in [-0.1, -0.05) is 24.3 Å². The average molecular weight is 517 g/mol. The second-order valence-electron chi connectivity index (χ2n) is 10.0. The molecular weight excluding hydrogens is 487 g/mol. The molecule has 0 bridgehead atoms. The van der Waals surface area contributed by atoms with Gasteiger partial charge in [0.2, 0.25) is 0 Å². The number of nitrogens with zero attached hydrogens (tertiary/aromatic N) is 3. The van der Waals surface area contributed by atoms with Gasteiger partial charge in [0, 0.05) is 54.9 Å². The highest BCUT2D eigenvalue weighted by Crippen LogP contribution is 2.45. The number of nitrogens with one attached hydrogen (secondary N) is 1. The lowest BCUT2D eigenvalue weighted by Crippen LogP contribution is -2.49. The van der Waals surface area contributed by atoms with Crippen molar-refractivity contribution < 1.29 is 14.0 Å². The van der Waals surface area contributed by atoms with Crippen molar-refractivity contribution in [1.82, 2.24) is 19.8 Å². The van der Waals surface area contributed by atoms with Crippen LogP contribution in [0.4, 0.5) is 4.39 Å². The van der Waals surface area contributed by atoms with Crippen molar-refractivity contribution in [2.24, 2.45) is 7.05 Å². The van der Waals surface area contributed by atoms with Gasteiger partial charge in [-0.2, -0.15) is 0 Å². The van der Waals surface area contributed by atoms with E-state index in [4.69, 9.17) is 4.98 Å². The number of rotatable bonds is 6. The van der Waals surface area contributed by atoms with Crippen LogP contribution in [0.15, 0.2) is 54.7 Å². The number of carbonyl (C=O) groups excluding carboxylic acids is 2. The standard InChI is InChI=1S/C29H29FN4O2S/c1-33-15-13-18-9-12-20(16-24(18)33)27(35)31-17-21-6-4-5-14-34(21)29(36)25-26(22-7-2-3-8-23(22)30)37-28(32-25)19-10-11-19/h2-3,7-9,12-13,15-16,19,21H,4-6,10-11,14,17H2,1H3,(H,31,35)/t21-/m0/s1. The van der Waals surface area contributed by atoms with E-state index in [9.17, 15) is 14.0 Å². The van der Waals surface area contributed by atoms with E-state index in [0.717, 1.165) is 48.0 Å². The summed E-state index contributed by atoms with van der Waals surface area (Å²) >= 11 is 1.44. The molecule has 8 heteroatoms. The van der Waals surface area contributed by atoms with E-state index in [1.54, 1.807) is 18.2 Å². The Kier molecular flexibility index (Phi) is 6.28. The molecule has 1 aliphatic heterocycles. The summed E-state index contributed by atoms with van der Waals surface area (Å²) < 4.78 is 16.7. The summed E-state index contributed by atoms with van der Waals surface area (Å²) in [6.07, 6.45) is 6.78. The minimum Gasteiger partial charge on any atom is -0.351 e. The van der Waals surface area contributed by atoms with Crippen LogP contribution in [0.1, 0.15) is 63.9 Å². The molecule has 2 amide bonds. The number of thiazole rings is 1. The molecule has 1 atom stereocenters. The summed E-state index contributed by atoms with van der Waals surface area (Å²) in [4.78, 5) is 34.1. The number of fused-ring (bicyclic) bond motifs is 1. The summed E-state index contributed by atoms with van der Waals surface area (Å²) in [7, 11) is 1.96. The molecular formula is C29H29FN4O2S. The van der Waals surface area contributed by atoms with E-state index >= 15 is 0 Å². The van der Waals surface area contributed by atoms with Crippen molar-refractivity contribution in [3.05, 3.63) is 76.8 Å². The van der Waals surface area contributed by atoms with E-state index in [1.807, 2.05) is 47.0 Å². The molecule has 6 nitrogen and oxygen atoms in total. The Morgan fingerprint density at radius 2 is 1.95 bits per heavy atom. The molecule has 4 aromatic rings. The lowest BCUT2D eigenvalue weighted by Gasteiger charge is -2.35. The summed E-state index contributed by atoms with van der Waals surface area (Å²) in [5, 5.41) is 5.05. The molecule has 2 fully saturated rings. The zero-order chi connectivity index (χ0) is 25.5. The second kappa shape index (κ2) is 9.74. The zero-order valence-corrected chi connectivity index (χ0v) is 21.6. The van der Waals surface area contributed by atoms with E-state index in [1.165, 1.54) is 17.4 Å². The van der Waals surface area contributed by atoms with E-state index in [-0.39, 0.29) is 23.7 Å². The highest BCUT2D eigenvalue weighted by molar-refractivity contribution is 7.15. The van der Waals surface area contributed by atoms with Gasteiger partial charge < -0.3 is 14.8 Å². The van der Waals surface area contributed by atoms with Crippen molar-refractivity contribution in [3.8, 4) is 10.4 Å². The predicted molar refractivity (Wildman–Crippen MR) is 143 cm³/mol. The van der Waals surface area contributed by atoms with Crippen LogP contribution in [0.25, 0.3) is 21.3 Å². The first-order chi connectivity index (χ1) is 18.0. The number of aromatic nitrogens is 2. The van der Waals surface area contributed by atoms with Crippen molar-refractivity contribution in [1.29, 1.82) is 0 Å². The van der Waals surface area contributed by atoms with Crippen LogP contribution in [0, 0.1) is 5.82 Å². The summed E-state index contributed by atoms with van der Waals surface area (Å²) in [5.41, 5.74) is 2.36. The normalized spacial score (nSPS) is 17.8. The molecule has 0 unspecified atom stereocenters. The Balaban J connectivity index is 1.23. The van der Waals surface area contributed by atoms with E-state index in [2.05, 4.69) is 5.32 Å². The Bertz CT molecular complexity index is 1490. The fraction of sp³-hybridized carbons (Fsp3) is 0.345. The molecule has 2 aromatic heterocycles. The fourth-order valence-electron chi connectivity index (χ4n) is 5.15. The second-order valence-corrected chi connectivity index (χ2v) is 11.1. The third-order valence-electron chi connectivity index (χ3n) is 7.43. The molecule has 1 aliphatic carbocycles. The number of amides is 2. The largest absolute Gasteiger partial charge is 0.351 e. The number of halogens is 1. The van der Waals surface area contributed by atoms with Gasteiger partial charge in [0.25, 0.3) is 11.8 Å². The van der Waals surface area contributed by atoms with Gasteiger partial charge in [-0.3, -0.25) is 9.59 Å². The Labute approximate surface area is 219 Å². The maximum atomic E-state index is 14.7. The third-order valence-corrected chi connectivity index (χ3v) is 8.68. The van der Waals surface area contributed by atoms with Crippen LogP contribution in [-0.2, 0) is 7.05 Å². The number of aryl methyl sites for hydroxylation is 1. The molecule has 37 heavy (non-hydrogen) atoms. The van der Waals surface area contributed by atoms with Gasteiger partial charge >= 0.3 is 0 Å². The summed E-state index contributed by atoms with van der Waals surface area (Å²) in [6, 6.07) is 14.1. The molecule has 0 spiro atoms. The van der Waals surface area contributed by atoms with Crippen molar-refractivity contribution >= 4 is 34.1 Å². The predicted octanol–water partition coefficient (Wildman–Crippen LogP) is 5.74. The molecule has 190 valence electrons. The highest BCUT2D eigenvalue weighted by Gasteiger charge is 2.35. The number of carbonyl (C=O) groups is 2. The SMILES string of the molecule is Cn1ccc2ccc(C(=O)NC[C@@H]3CCCCN3C(=O)c3nc(C4CC4)sc3-c3ccccc3F)cc21. The van der Waals surface area contributed by atoms with Crippen molar-refractivity contribution in [2.45, 2.75) is 44.1 Å². The summed E-state index contributed by atoms with van der Waals surface area (Å²) in [5.74, 6) is -0.307. The van der Waals surface area contributed by atoms with Crippen LogP contribution in [0.2, 0.25) is 0 Å². The number of piperidine rings is 1. The molecule has 2 aromatic carbocycles. The number of hydrogen-bond acceptors (Lipinski definition) is 4. The van der Waals surface area contributed by atoms with E-state index in [0.29, 0.717) is 40.7 Å². The van der Waals surface area contributed by atoms with Crippen LogP contribution in [0.3, 0.4) is 0 Å². The van der Waals surface area contributed by atoms with Gasteiger partial charge in [0.05, 0.1) is 9.88 Å². The average Bonchev–Trinajstić information content (AvgIpc) is 3.58. The first-order valence-corrected chi connectivity index (χ1v) is 13.7. The Morgan fingerprint density at radius 1 is 1.11 bits per heavy atom. The van der Waals surface area contributed by atoms with Gasteiger partial charge in [-0.15, -0.1) is 11.3 Å².